The van der Waals surface area contributed by atoms with Crippen LogP contribution in [0.2, 0.25) is 0 Å². The third kappa shape index (κ3) is 3.61. The zero-order valence-corrected chi connectivity index (χ0v) is 13.7. The van der Waals surface area contributed by atoms with E-state index < -0.39 is 11.5 Å². The number of hydrogen-bond acceptors (Lipinski definition) is 3. The van der Waals surface area contributed by atoms with Gasteiger partial charge in [-0.15, -0.1) is 11.3 Å². The van der Waals surface area contributed by atoms with Gasteiger partial charge in [0.25, 0.3) is 0 Å². The van der Waals surface area contributed by atoms with Gasteiger partial charge < -0.3 is 10.4 Å². The first-order valence-electron chi connectivity index (χ1n) is 6.70. The van der Waals surface area contributed by atoms with Crippen LogP contribution in [0.15, 0.2) is 15.9 Å². The number of hydrogen-bond donors (Lipinski definition) is 2. The van der Waals surface area contributed by atoms with Crippen LogP contribution in [0.4, 0.5) is 0 Å². The van der Waals surface area contributed by atoms with Crippen molar-refractivity contribution in [1.29, 1.82) is 0 Å². The van der Waals surface area contributed by atoms with Gasteiger partial charge in [-0.25, -0.2) is 4.79 Å². The molecule has 0 saturated heterocycles. The van der Waals surface area contributed by atoms with Crippen LogP contribution in [0.25, 0.3) is 0 Å². The van der Waals surface area contributed by atoms with E-state index in [0.717, 1.165) is 21.5 Å². The molecule has 1 aliphatic rings. The standard InChI is InChI=1S/C14H18BrNO3S/c1-9-4-6-14(7-5-9,13(18)19)16-12(17)8-10-2-3-11(15)20-10/h2-3,9H,4-8H2,1H3,(H,16,17)(H,18,19). The molecule has 0 radical (unpaired) electrons. The van der Waals surface area contributed by atoms with Crippen molar-refractivity contribution in [3.8, 4) is 0 Å². The molecule has 0 bridgehead atoms. The minimum atomic E-state index is -1.07. The molecule has 0 unspecified atom stereocenters. The maximum Gasteiger partial charge on any atom is 0.329 e. The van der Waals surface area contributed by atoms with Crippen LogP contribution in [-0.2, 0) is 16.0 Å². The van der Waals surface area contributed by atoms with Crippen LogP contribution >= 0.6 is 27.3 Å². The van der Waals surface area contributed by atoms with E-state index >= 15 is 0 Å². The molecule has 6 heteroatoms. The second kappa shape index (κ2) is 6.26. The van der Waals surface area contributed by atoms with Gasteiger partial charge in [0.1, 0.15) is 5.54 Å². The quantitative estimate of drug-likeness (QED) is 0.867. The number of aliphatic carboxylic acids is 1. The van der Waals surface area contributed by atoms with E-state index in [1.807, 2.05) is 12.1 Å². The summed E-state index contributed by atoms with van der Waals surface area (Å²) in [5.41, 5.74) is -1.07. The number of nitrogens with one attached hydrogen (secondary N) is 1. The summed E-state index contributed by atoms with van der Waals surface area (Å²) in [6, 6.07) is 3.77. The zero-order valence-electron chi connectivity index (χ0n) is 11.3. The maximum atomic E-state index is 12.1. The molecule has 1 aliphatic carbocycles. The van der Waals surface area contributed by atoms with E-state index in [-0.39, 0.29) is 12.3 Å². The lowest BCUT2D eigenvalue weighted by Gasteiger charge is -2.36. The number of halogens is 1. The van der Waals surface area contributed by atoms with Crippen molar-refractivity contribution in [2.24, 2.45) is 5.92 Å². The highest BCUT2D eigenvalue weighted by Crippen LogP contribution is 2.32. The molecule has 0 spiro atoms. The lowest BCUT2D eigenvalue weighted by molar-refractivity contribution is -0.149. The summed E-state index contributed by atoms with van der Waals surface area (Å²) in [5.74, 6) is -0.589. The summed E-state index contributed by atoms with van der Waals surface area (Å²) in [6.07, 6.45) is 2.96. The fraction of sp³-hybridized carbons (Fsp3) is 0.571. The smallest absolute Gasteiger partial charge is 0.329 e. The van der Waals surface area contributed by atoms with Crippen LogP contribution in [0.5, 0.6) is 0 Å². The molecule has 1 fully saturated rings. The molecule has 4 nitrogen and oxygen atoms in total. The van der Waals surface area contributed by atoms with Crippen molar-refractivity contribution in [3.63, 3.8) is 0 Å². The van der Waals surface area contributed by atoms with E-state index in [2.05, 4.69) is 28.2 Å². The molecular weight excluding hydrogens is 342 g/mol. The van der Waals surface area contributed by atoms with Gasteiger partial charge in [0.2, 0.25) is 5.91 Å². The Morgan fingerprint density at radius 1 is 1.45 bits per heavy atom. The lowest BCUT2D eigenvalue weighted by Crippen LogP contribution is -2.56. The molecule has 1 aromatic rings. The molecule has 110 valence electrons. The molecule has 0 aliphatic heterocycles. The Bertz CT molecular complexity index is 506. The van der Waals surface area contributed by atoms with Gasteiger partial charge in [-0.05, 0) is 59.7 Å². The average Bonchev–Trinajstić information content (AvgIpc) is 2.77. The first-order valence-corrected chi connectivity index (χ1v) is 8.31. The normalized spacial score (nSPS) is 26.2. The Kier molecular flexibility index (Phi) is 4.86. The molecule has 2 rings (SSSR count). The summed E-state index contributed by atoms with van der Waals surface area (Å²) in [7, 11) is 0. The van der Waals surface area contributed by atoms with E-state index in [4.69, 9.17) is 0 Å². The Morgan fingerprint density at radius 3 is 2.60 bits per heavy atom. The van der Waals surface area contributed by atoms with Crippen LogP contribution in [0.3, 0.4) is 0 Å². The topological polar surface area (TPSA) is 66.4 Å². The summed E-state index contributed by atoms with van der Waals surface area (Å²) >= 11 is 4.85. The van der Waals surface area contributed by atoms with Gasteiger partial charge in [-0.1, -0.05) is 6.92 Å². The van der Waals surface area contributed by atoms with Gasteiger partial charge in [0.15, 0.2) is 0 Å². The highest BCUT2D eigenvalue weighted by Gasteiger charge is 2.42. The lowest BCUT2D eigenvalue weighted by atomic mass is 9.77. The van der Waals surface area contributed by atoms with Crippen LogP contribution in [0.1, 0.15) is 37.5 Å². The predicted octanol–water partition coefficient (Wildman–Crippen LogP) is 3.20. The molecule has 1 saturated carbocycles. The van der Waals surface area contributed by atoms with Crippen molar-refractivity contribution < 1.29 is 14.7 Å². The zero-order chi connectivity index (χ0) is 14.8. The third-order valence-corrected chi connectivity index (χ3v) is 5.50. The van der Waals surface area contributed by atoms with Gasteiger partial charge >= 0.3 is 5.97 Å². The van der Waals surface area contributed by atoms with Crippen LogP contribution in [-0.4, -0.2) is 22.5 Å². The molecule has 0 atom stereocenters. The predicted molar refractivity (Wildman–Crippen MR) is 81.9 cm³/mol. The molecular formula is C14H18BrNO3S. The molecule has 1 aromatic heterocycles. The highest BCUT2D eigenvalue weighted by molar-refractivity contribution is 9.11. The Morgan fingerprint density at radius 2 is 2.10 bits per heavy atom. The minimum Gasteiger partial charge on any atom is -0.480 e. The monoisotopic (exact) mass is 359 g/mol. The SMILES string of the molecule is CC1CCC(NC(=O)Cc2ccc(Br)s2)(C(=O)O)CC1. The summed E-state index contributed by atoms with van der Waals surface area (Å²) in [6.45, 7) is 2.12. The van der Waals surface area contributed by atoms with Crippen molar-refractivity contribution >= 4 is 39.1 Å². The van der Waals surface area contributed by atoms with Crippen molar-refractivity contribution in [3.05, 3.63) is 20.8 Å². The van der Waals surface area contributed by atoms with Gasteiger partial charge in [0, 0.05) is 4.88 Å². The number of carboxylic acid groups (broad SMARTS) is 1. The number of carboxylic acids is 1. The highest BCUT2D eigenvalue weighted by atomic mass is 79.9. The second-order valence-electron chi connectivity index (χ2n) is 5.50. The van der Waals surface area contributed by atoms with E-state index in [1.165, 1.54) is 11.3 Å². The number of carbonyl (C=O) groups is 2. The van der Waals surface area contributed by atoms with Crippen molar-refractivity contribution in [2.75, 3.05) is 0 Å². The van der Waals surface area contributed by atoms with E-state index in [1.54, 1.807) is 0 Å². The van der Waals surface area contributed by atoms with E-state index in [0.29, 0.717) is 18.8 Å². The second-order valence-corrected chi connectivity index (χ2v) is 8.05. The fourth-order valence-electron chi connectivity index (χ4n) is 2.56. The molecule has 1 heterocycles. The van der Waals surface area contributed by atoms with E-state index in [9.17, 15) is 14.7 Å². The van der Waals surface area contributed by atoms with Gasteiger partial charge in [-0.3, -0.25) is 4.79 Å². The molecule has 1 amide bonds. The van der Waals surface area contributed by atoms with Gasteiger partial charge in [0.05, 0.1) is 10.2 Å². The Balaban J connectivity index is 2.01. The maximum absolute atomic E-state index is 12.1. The number of carbonyl (C=O) groups excluding carboxylic acids is 1. The van der Waals surface area contributed by atoms with Crippen molar-refractivity contribution in [1.82, 2.24) is 5.32 Å². The summed E-state index contributed by atoms with van der Waals surface area (Å²) < 4.78 is 0.972. The van der Waals surface area contributed by atoms with Crippen molar-refractivity contribution in [2.45, 2.75) is 44.6 Å². The Labute approximate surface area is 130 Å². The van der Waals surface area contributed by atoms with Gasteiger partial charge in [-0.2, -0.15) is 0 Å². The number of rotatable bonds is 4. The first-order chi connectivity index (χ1) is 9.41. The molecule has 0 aromatic carbocycles. The third-order valence-electron chi connectivity index (χ3n) is 3.88. The molecule has 2 N–H and O–H groups in total. The summed E-state index contributed by atoms with van der Waals surface area (Å²) in [5, 5.41) is 12.2. The summed E-state index contributed by atoms with van der Waals surface area (Å²) in [4.78, 5) is 24.6. The largest absolute Gasteiger partial charge is 0.480 e. The van der Waals surface area contributed by atoms with Crippen LogP contribution in [0, 0.1) is 5.92 Å². The Hall–Kier alpha value is -0.880. The number of thiophene rings is 1. The average molecular weight is 360 g/mol. The molecule has 20 heavy (non-hydrogen) atoms. The first kappa shape index (κ1) is 15.5. The number of amides is 1. The fourth-order valence-corrected chi connectivity index (χ4v) is 4.05. The van der Waals surface area contributed by atoms with Crippen LogP contribution < -0.4 is 5.32 Å². The minimum absolute atomic E-state index is 0.212.